The highest BCUT2D eigenvalue weighted by Gasteiger charge is 2.21. The Labute approximate surface area is 172 Å². The van der Waals surface area contributed by atoms with Crippen LogP contribution in [0.4, 0.5) is 4.39 Å². The van der Waals surface area contributed by atoms with E-state index in [1.807, 2.05) is 18.2 Å². The molecular weight excluding hydrogens is 359 g/mol. The number of benzene rings is 3. The number of fused-ring (bicyclic) bond motifs is 1. The van der Waals surface area contributed by atoms with Crippen molar-refractivity contribution in [3.63, 3.8) is 0 Å². The predicted molar refractivity (Wildman–Crippen MR) is 118 cm³/mol. The first kappa shape index (κ1) is 19.7. The number of ether oxygens (including phenoxy) is 1. The predicted octanol–water partition coefficient (Wildman–Crippen LogP) is 6.69. The summed E-state index contributed by atoms with van der Waals surface area (Å²) < 4.78 is 18.5. The van der Waals surface area contributed by atoms with Crippen LogP contribution in [0.2, 0.25) is 0 Å². The van der Waals surface area contributed by atoms with Crippen molar-refractivity contribution in [1.82, 2.24) is 0 Å². The fourth-order valence-corrected chi connectivity index (χ4v) is 4.35. The van der Waals surface area contributed by atoms with Crippen LogP contribution in [0.15, 0.2) is 60.7 Å². The monoisotopic (exact) mass is 386 g/mol. The molecule has 1 nitrogen and oxygen atoms in total. The molecule has 0 unspecified atom stereocenters. The zero-order valence-electron chi connectivity index (χ0n) is 17.0. The molecule has 0 N–H and O–H groups in total. The molecule has 1 saturated carbocycles. The zero-order valence-corrected chi connectivity index (χ0v) is 17.0. The molecule has 1 aliphatic carbocycles. The topological polar surface area (TPSA) is 9.23 Å². The van der Waals surface area contributed by atoms with Crippen LogP contribution >= 0.6 is 0 Å². The molecule has 29 heavy (non-hydrogen) atoms. The highest BCUT2D eigenvalue weighted by atomic mass is 19.1. The van der Waals surface area contributed by atoms with Crippen LogP contribution < -0.4 is 0 Å². The van der Waals surface area contributed by atoms with Gasteiger partial charge in [0, 0.05) is 24.8 Å². The smallest absolute Gasteiger partial charge is 0.123 e. The van der Waals surface area contributed by atoms with E-state index in [1.165, 1.54) is 43.7 Å². The van der Waals surface area contributed by atoms with E-state index in [1.54, 1.807) is 19.2 Å². The maximum absolute atomic E-state index is 13.3. The zero-order chi connectivity index (χ0) is 20.1. The molecule has 0 heterocycles. The Morgan fingerprint density at radius 3 is 2.24 bits per heavy atom. The minimum Gasteiger partial charge on any atom is -0.385 e. The van der Waals surface area contributed by atoms with Crippen molar-refractivity contribution >= 4 is 10.8 Å². The average molecular weight is 387 g/mol. The van der Waals surface area contributed by atoms with E-state index in [-0.39, 0.29) is 5.82 Å². The highest BCUT2D eigenvalue weighted by Crippen LogP contribution is 2.37. The summed E-state index contributed by atoms with van der Waals surface area (Å²) in [6.07, 6.45) is 6.36. The summed E-state index contributed by atoms with van der Waals surface area (Å²) in [7, 11) is 1.79. The maximum atomic E-state index is 13.3. The summed E-state index contributed by atoms with van der Waals surface area (Å²) >= 11 is 0. The number of halogens is 1. The molecule has 4 rings (SSSR count). The third kappa shape index (κ3) is 5.05. The summed E-state index contributed by atoms with van der Waals surface area (Å²) in [6.45, 7) is 0.886. The molecule has 0 radical (unpaired) electrons. The van der Waals surface area contributed by atoms with Crippen LogP contribution in [0.3, 0.4) is 0 Å². The summed E-state index contributed by atoms with van der Waals surface area (Å²) in [5, 5.41) is 1.91. The molecular formula is C27H27FO. The van der Waals surface area contributed by atoms with Gasteiger partial charge in [-0.05, 0) is 96.7 Å². The van der Waals surface area contributed by atoms with E-state index in [0.29, 0.717) is 5.92 Å². The lowest BCUT2D eigenvalue weighted by atomic mass is 9.77. The molecule has 1 fully saturated rings. The van der Waals surface area contributed by atoms with Gasteiger partial charge < -0.3 is 4.74 Å². The fourth-order valence-electron chi connectivity index (χ4n) is 4.35. The lowest BCUT2D eigenvalue weighted by Crippen LogP contribution is -2.14. The second-order valence-corrected chi connectivity index (χ2v) is 8.08. The molecule has 1 aliphatic rings. The van der Waals surface area contributed by atoms with Gasteiger partial charge in [-0.2, -0.15) is 0 Å². The van der Waals surface area contributed by atoms with Gasteiger partial charge in [-0.25, -0.2) is 4.39 Å². The Bertz CT molecular complexity index is 1020. The lowest BCUT2D eigenvalue weighted by molar-refractivity contribution is 0.163. The Hall–Kier alpha value is -2.63. The van der Waals surface area contributed by atoms with Crippen LogP contribution in [0, 0.1) is 23.6 Å². The second-order valence-electron chi connectivity index (χ2n) is 8.08. The van der Waals surface area contributed by atoms with Gasteiger partial charge in [0.25, 0.3) is 0 Å². The van der Waals surface area contributed by atoms with Gasteiger partial charge in [-0.15, -0.1) is 0 Å². The van der Waals surface area contributed by atoms with Crippen molar-refractivity contribution in [3.8, 4) is 11.8 Å². The summed E-state index contributed by atoms with van der Waals surface area (Å²) in [6, 6.07) is 19.5. The van der Waals surface area contributed by atoms with Crippen molar-refractivity contribution in [2.75, 3.05) is 13.7 Å². The minimum atomic E-state index is -0.208. The summed E-state index contributed by atoms with van der Waals surface area (Å²) in [5.74, 6) is 7.79. The number of hydrogen-bond donors (Lipinski definition) is 0. The maximum Gasteiger partial charge on any atom is 0.123 e. The molecule has 0 atom stereocenters. The SMILES string of the molecule is COCCC1CCC(c2ccc(C#Cc3ccc4cc(F)ccc4c3)cc2)CC1. The lowest BCUT2D eigenvalue weighted by Gasteiger charge is -2.28. The van der Waals surface area contributed by atoms with Crippen LogP contribution in [0.5, 0.6) is 0 Å². The first-order valence-corrected chi connectivity index (χ1v) is 10.5. The molecule has 3 aromatic rings. The molecule has 3 aromatic carbocycles. The van der Waals surface area contributed by atoms with Gasteiger partial charge in [0.05, 0.1) is 0 Å². The highest BCUT2D eigenvalue weighted by molar-refractivity contribution is 5.83. The Morgan fingerprint density at radius 2 is 1.48 bits per heavy atom. The fraction of sp³-hybridized carbons (Fsp3) is 0.333. The van der Waals surface area contributed by atoms with Gasteiger partial charge in [-0.1, -0.05) is 36.1 Å². The first-order valence-electron chi connectivity index (χ1n) is 10.5. The minimum absolute atomic E-state index is 0.208. The third-order valence-electron chi connectivity index (χ3n) is 6.11. The molecule has 0 aliphatic heterocycles. The summed E-state index contributed by atoms with van der Waals surface area (Å²) in [5.41, 5.74) is 3.41. The van der Waals surface area contributed by atoms with Crippen LogP contribution in [-0.4, -0.2) is 13.7 Å². The normalized spacial score (nSPS) is 19.0. The van der Waals surface area contributed by atoms with Crippen molar-refractivity contribution in [3.05, 3.63) is 83.2 Å². The van der Waals surface area contributed by atoms with E-state index in [4.69, 9.17) is 4.74 Å². The van der Waals surface area contributed by atoms with Crippen molar-refractivity contribution < 1.29 is 9.13 Å². The van der Waals surface area contributed by atoms with Gasteiger partial charge in [0.1, 0.15) is 5.82 Å². The Morgan fingerprint density at radius 1 is 0.828 bits per heavy atom. The third-order valence-corrected chi connectivity index (χ3v) is 6.11. The summed E-state index contributed by atoms with van der Waals surface area (Å²) in [4.78, 5) is 0. The Balaban J connectivity index is 1.40. The van der Waals surface area contributed by atoms with E-state index < -0.39 is 0 Å². The molecule has 0 amide bonds. The average Bonchev–Trinajstić information content (AvgIpc) is 2.77. The molecule has 148 valence electrons. The first-order chi connectivity index (χ1) is 14.2. The molecule has 2 heteroatoms. The quantitative estimate of drug-likeness (QED) is 0.454. The van der Waals surface area contributed by atoms with Gasteiger partial charge in [0.2, 0.25) is 0 Å². The number of hydrogen-bond acceptors (Lipinski definition) is 1. The molecule has 0 saturated heterocycles. The van der Waals surface area contributed by atoms with Crippen LogP contribution in [0.25, 0.3) is 10.8 Å². The van der Waals surface area contributed by atoms with Crippen LogP contribution in [0.1, 0.15) is 54.7 Å². The van der Waals surface area contributed by atoms with Gasteiger partial charge in [0.15, 0.2) is 0 Å². The number of methoxy groups -OCH3 is 1. The van der Waals surface area contributed by atoms with Crippen molar-refractivity contribution in [1.29, 1.82) is 0 Å². The second kappa shape index (κ2) is 9.25. The number of rotatable bonds is 4. The van der Waals surface area contributed by atoms with E-state index >= 15 is 0 Å². The van der Waals surface area contributed by atoms with Crippen LogP contribution in [-0.2, 0) is 4.74 Å². The standard InChI is InChI=1S/C27H27FO/c1-29-17-16-21-6-11-24(12-7-21)23-9-4-20(5-10-23)2-3-22-8-13-26-19-27(28)15-14-25(26)18-22/h4-5,8-10,13-15,18-19,21,24H,6-7,11-12,16-17H2,1H3. The van der Waals surface area contributed by atoms with E-state index in [2.05, 4.69) is 36.1 Å². The van der Waals surface area contributed by atoms with Gasteiger partial charge >= 0.3 is 0 Å². The van der Waals surface area contributed by atoms with Crippen molar-refractivity contribution in [2.24, 2.45) is 5.92 Å². The largest absolute Gasteiger partial charge is 0.385 e. The molecule has 0 aromatic heterocycles. The molecule has 0 spiro atoms. The van der Waals surface area contributed by atoms with Gasteiger partial charge in [-0.3, -0.25) is 0 Å². The Kier molecular flexibility index (Phi) is 6.27. The molecule has 0 bridgehead atoms. The van der Waals surface area contributed by atoms with E-state index in [9.17, 15) is 4.39 Å². The van der Waals surface area contributed by atoms with Crippen molar-refractivity contribution in [2.45, 2.75) is 38.0 Å². The van der Waals surface area contributed by atoms with E-state index in [0.717, 1.165) is 34.4 Å².